The van der Waals surface area contributed by atoms with E-state index in [9.17, 15) is 9.59 Å². The number of carbonyl (C=O) groups excluding carboxylic acids is 2. The lowest BCUT2D eigenvalue weighted by Gasteiger charge is -2.15. The Morgan fingerprint density at radius 1 is 0.759 bits per heavy atom. The topological polar surface area (TPSA) is 76.7 Å². The molecule has 0 bridgehead atoms. The molecule has 0 aliphatic heterocycles. The van der Waals surface area contributed by atoms with Gasteiger partial charge in [-0.25, -0.2) is 0 Å². The van der Waals surface area contributed by atoms with Crippen LogP contribution in [0.1, 0.15) is 17.3 Å². The van der Waals surface area contributed by atoms with E-state index in [0.717, 1.165) is 5.75 Å². The van der Waals surface area contributed by atoms with Crippen LogP contribution >= 0.6 is 0 Å². The number of amides is 2. The average Bonchev–Trinajstić information content (AvgIpc) is 2.75. The van der Waals surface area contributed by atoms with Crippen LogP contribution in [0.15, 0.2) is 78.9 Å². The van der Waals surface area contributed by atoms with Crippen LogP contribution in [0.2, 0.25) is 0 Å². The molecule has 148 valence electrons. The first kappa shape index (κ1) is 19.9. The van der Waals surface area contributed by atoms with E-state index in [4.69, 9.17) is 9.47 Å². The van der Waals surface area contributed by atoms with E-state index in [1.165, 1.54) is 0 Å². The first-order chi connectivity index (χ1) is 14.0. The number of para-hydroxylation sites is 1. The third-order valence-electron chi connectivity index (χ3n) is 4.19. The molecule has 1 unspecified atom stereocenters. The summed E-state index contributed by atoms with van der Waals surface area (Å²) in [6, 6.07) is 22.9. The van der Waals surface area contributed by atoms with Gasteiger partial charge in [-0.1, -0.05) is 18.2 Å². The van der Waals surface area contributed by atoms with Crippen LogP contribution in [0.5, 0.6) is 11.5 Å². The molecule has 3 rings (SSSR count). The van der Waals surface area contributed by atoms with Gasteiger partial charge in [0.05, 0.1) is 7.11 Å². The number of hydrogen-bond acceptors (Lipinski definition) is 4. The molecular weight excluding hydrogens is 368 g/mol. The van der Waals surface area contributed by atoms with Gasteiger partial charge < -0.3 is 20.1 Å². The van der Waals surface area contributed by atoms with Gasteiger partial charge in [-0.2, -0.15) is 0 Å². The van der Waals surface area contributed by atoms with E-state index >= 15 is 0 Å². The molecule has 0 saturated heterocycles. The first-order valence-electron chi connectivity index (χ1n) is 9.13. The predicted octanol–water partition coefficient (Wildman–Crippen LogP) is 4.35. The minimum Gasteiger partial charge on any atom is -0.497 e. The monoisotopic (exact) mass is 390 g/mol. The van der Waals surface area contributed by atoms with Crippen LogP contribution in [0, 0.1) is 0 Å². The average molecular weight is 390 g/mol. The maximum atomic E-state index is 12.4. The van der Waals surface area contributed by atoms with Gasteiger partial charge in [0, 0.05) is 16.9 Å². The fraction of sp³-hybridized carbons (Fsp3) is 0.130. The fourth-order valence-corrected chi connectivity index (χ4v) is 2.59. The molecule has 0 radical (unpaired) electrons. The van der Waals surface area contributed by atoms with E-state index in [1.807, 2.05) is 18.2 Å². The van der Waals surface area contributed by atoms with Crippen molar-refractivity contribution in [1.82, 2.24) is 0 Å². The first-order valence-corrected chi connectivity index (χ1v) is 9.13. The number of ether oxygens (including phenoxy) is 2. The van der Waals surface area contributed by atoms with Crippen LogP contribution < -0.4 is 20.1 Å². The molecule has 3 aromatic rings. The van der Waals surface area contributed by atoms with Crippen LogP contribution in [0.3, 0.4) is 0 Å². The van der Waals surface area contributed by atoms with Gasteiger partial charge in [0.15, 0.2) is 6.10 Å². The third kappa shape index (κ3) is 5.59. The molecule has 0 saturated carbocycles. The molecule has 6 nitrogen and oxygen atoms in total. The second kappa shape index (κ2) is 9.41. The number of benzene rings is 3. The lowest BCUT2D eigenvalue weighted by molar-refractivity contribution is -0.122. The van der Waals surface area contributed by atoms with Crippen molar-refractivity contribution in [3.8, 4) is 11.5 Å². The number of nitrogens with one attached hydrogen (secondary N) is 2. The van der Waals surface area contributed by atoms with Crippen molar-refractivity contribution in [2.75, 3.05) is 17.7 Å². The second-order valence-electron chi connectivity index (χ2n) is 6.32. The highest BCUT2D eigenvalue weighted by atomic mass is 16.5. The summed E-state index contributed by atoms with van der Waals surface area (Å²) >= 11 is 0. The molecule has 2 amide bonds. The van der Waals surface area contributed by atoms with Crippen LogP contribution in [0.25, 0.3) is 0 Å². The van der Waals surface area contributed by atoms with Crippen LogP contribution in [0.4, 0.5) is 11.4 Å². The highest BCUT2D eigenvalue weighted by Gasteiger charge is 2.15. The lowest BCUT2D eigenvalue weighted by atomic mass is 10.2. The predicted molar refractivity (Wildman–Crippen MR) is 113 cm³/mol. The number of anilines is 2. The van der Waals surface area contributed by atoms with Crippen molar-refractivity contribution in [1.29, 1.82) is 0 Å². The molecular formula is C23H22N2O4. The molecule has 0 aliphatic rings. The summed E-state index contributed by atoms with van der Waals surface area (Å²) in [7, 11) is 1.59. The Balaban J connectivity index is 1.56. The Bertz CT molecular complexity index is 954. The van der Waals surface area contributed by atoms with Gasteiger partial charge in [-0.05, 0) is 67.6 Å². The Hall–Kier alpha value is -3.80. The van der Waals surface area contributed by atoms with Crippen molar-refractivity contribution in [2.45, 2.75) is 13.0 Å². The maximum Gasteiger partial charge on any atom is 0.265 e. The summed E-state index contributed by atoms with van der Waals surface area (Å²) in [5.74, 6) is 0.728. The fourth-order valence-electron chi connectivity index (χ4n) is 2.59. The number of methoxy groups -OCH3 is 1. The molecule has 29 heavy (non-hydrogen) atoms. The molecule has 0 spiro atoms. The molecule has 3 aromatic carbocycles. The Labute approximate surface area is 169 Å². The Morgan fingerprint density at radius 2 is 1.34 bits per heavy atom. The molecule has 0 heterocycles. The van der Waals surface area contributed by atoms with Crippen LogP contribution in [-0.2, 0) is 4.79 Å². The van der Waals surface area contributed by atoms with E-state index < -0.39 is 6.10 Å². The van der Waals surface area contributed by atoms with Gasteiger partial charge in [-0.15, -0.1) is 0 Å². The third-order valence-corrected chi connectivity index (χ3v) is 4.19. The van der Waals surface area contributed by atoms with E-state index in [1.54, 1.807) is 74.7 Å². The SMILES string of the molecule is COc1ccc(NC(=O)c2ccc(OC(C)C(=O)Nc3ccccc3)cc2)cc1. The second-order valence-corrected chi connectivity index (χ2v) is 6.32. The highest BCUT2D eigenvalue weighted by Crippen LogP contribution is 2.18. The number of carbonyl (C=O) groups is 2. The normalized spacial score (nSPS) is 11.2. The minimum absolute atomic E-state index is 0.239. The van der Waals surface area contributed by atoms with Crippen molar-refractivity contribution in [3.63, 3.8) is 0 Å². The van der Waals surface area contributed by atoms with E-state index in [-0.39, 0.29) is 11.8 Å². The Morgan fingerprint density at radius 3 is 1.97 bits per heavy atom. The Kier molecular flexibility index (Phi) is 6.47. The van der Waals surface area contributed by atoms with Crippen molar-refractivity contribution in [2.24, 2.45) is 0 Å². The minimum atomic E-state index is -0.686. The van der Waals surface area contributed by atoms with Crippen molar-refractivity contribution >= 4 is 23.2 Å². The molecule has 6 heteroatoms. The molecule has 0 aliphatic carbocycles. The summed E-state index contributed by atoms with van der Waals surface area (Å²) in [5.41, 5.74) is 1.86. The zero-order chi connectivity index (χ0) is 20.6. The molecule has 1 atom stereocenters. The summed E-state index contributed by atoms with van der Waals surface area (Å²) in [5, 5.41) is 5.61. The zero-order valence-electron chi connectivity index (χ0n) is 16.2. The largest absolute Gasteiger partial charge is 0.497 e. The van der Waals surface area contributed by atoms with Gasteiger partial charge >= 0.3 is 0 Å². The molecule has 0 fully saturated rings. The molecule has 0 aromatic heterocycles. The quantitative estimate of drug-likeness (QED) is 0.629. The summed E-state index contributed by atoms with van der Waals surface area (Å²) in [6.07, 6.45) is -0.686. The highest BCUT2D eigenvalue weighted by molar-refractivity contribution is 6.04. The van der Waals surface area contributed by atoms with E-state index in [2.05, 4.69) is 10.6 Å². The van der Waals surface area contributed by atoms with Crippen LogP contribution in [-0.4, -0.2) is 25.0 Å². The van der Waals surface area contributed by atoms with E-state index in [0.29, 0.717) is 22.7 Å². The maximum absolute atomic E-state index is 12.4. The van der Waals surface area contributed by atoms with Gasteiger partial charge in [0.2, 0.25) is 0 Å². The number of hydrogen-bond donors (Lipinski definition) is 2. The van der Waals surface area contributed by atoms with Crippen molar-refractivity contribution < 1.29 is 19.1 Å². The zero-order valence-corrected chi connectivity index (χ0v) is 16.2. The van der Waals surface area contributed by atoms with Crippen molar-refractivity contribution in [3.05, 3.63) is 84.4 Å². The summed E-state index contributed by atoms with van der Waals surface area (Å²) in [4.78, 5) is 24.6. The van der Waals surface area contributed by atoms with Gasteiger partial charge in [0.25, 0.3) is 11.8 Å². The lowest BCUT2D eigenvalue weighted by Crippen LogP contribution is -2.30. The molecule has 2 N–H and O–H groups in total. The van der Waals surface area contributed by atoms with Gasteiger partial charge in [0.1, 0.15) is 11.5 Å². The summed E-state index contributed by atoms with van der Waals surface area (Å²) < 4.78 is 10.8. The smallest absolute Gasteiger partial charge is 0.265 e. The van der Waals surface area contributed by atoms with Gasteiger partial charge in [-0.3, -0.25) is 9.59 Å². The summed E-state index contributed by atoms with van der Waals surface area (Å²) in [6.45, 7) is 1.67. The number of rotatable bonds is 7. The standard InChI is InChI=1S/C23H22N2O4/c1-16(22(26)24-18-6-4-3-5-7-18)29-21-12-8-17(9-13-21)23(27)25-19-10-14-20(28-2)15-11-19/h3-16H,1-2H3,(H,24,26)(H,25,27).